The van der Waals surface area contributed by atoms with E-state index in [-0.39, 0.29) is 112 Å². The van der Waals surface area contributed by atoms with Crippen LogP contribution in [0.2, 0.25) is 0 Å². The smallest absolute Gasteiger partial charge is 0.356 e. The van der Waals surface area contributed by atoms with Crippen LogP contribution in [0.3, 0.4) is 0 Å². The van der Waals surface area contributed by atoms with Gasteiger partial charge >= 0.3 is 23.9 Å². The van der Waals surface area contributed by atoms with Gasteiger partial charge in [-0.25, -0.2) is 19.2 Å². The fourth-order valence-electron chi connectivity index (χ4n) is 1.08. The van der Waals surface area contributed by atoms with Gasteiger partial charge in [-0.1, -0.05) is 0 Å². The van der Waals surface area contributed by atoms with Crippen molar-refractivity contribution in [2.24, 2.45) is 0 Å². The van der Waals surface area contributed by atoms with Gasteiger partial charge in [0.25, 0.3) is 0 Å². The minimum Gasteiger partial charge on any atom is -0.477 e. The number of hydrogen-bond donors (Lipinski definition) is 6. The Bertz CT molecular complexity index is 634. The van der Waals surface area contributed by atoms with E-state index in [2.05, 4.69) is 20.4 Å². The molecule has 0 aliphatic carbocycles. The number of nitrogens with one attached hydrogen (secondary N) is 2. The molecule has 2 aromatic heterocycles. The molecule has 3 radical (unpaired) electrons. The number of hydrogen-bond acceptors (Lipinski definition) is 6. The number of carbonyl (C=O) groups is 4. The van der Waals surface area contributed by atoms with Gasteiger partial charge in [0.1, 0.15) is 11.4 Å². The summed E-state index contributed by atoms with van der Waals surface area (Å²) in [5, 5.41) is 43.8. The predicted octanol–water partition coefficient (Wildman–Crippen LogP) is -6.75. The maximum absolute atomic E-state index is 10.2. The number of aromatic amines is 2. The standard InChI is InChI=1S/2C5H4N2O4.3Mn.7H2O/c2*8-4(9)2-1-3(5(10)11)7-6-2;;;;;;;;;;/h2*1H,(H,6,7)(H,8,9)(H,10,11);;;;7*1H2/p+6. The normalized spacial score (nSPS) is 6.50. The number of H-pyrrole nitrogens is 2. The van der Waals surface area contributed by atoms with Crippen molar-refractivity contribution in [1.82, 2.24) is 20.4 Å². The number of carboxylic acid groups (broad SMARTS) is 4. The van der Waals surface area contributed by atoms with Crippen molar-refractivity contribution in [2.75, 3.05) is 0 Å². The molecular weight excluding hydrogens is 581 g/mol. The molecule has 0 saturated heterocycles. The first-order chi connectivity index (χ1) is 10.2. The van der Waals surface area contributed by atoms with Crippen molar-refractivity contribution in [2.45, 2.75) is 0 Å². The van der Waals surface area contributed by atoms with Gasteiger partial charge in [-0.05, 0) is 0 Å². The van der Waals surface area contributed by atoms with Gasteiger partial charge in [0.05, 0.1) is 0 Å². The van der Waals surface area contributed by atoms with Crippen molar-refractivity contribution in [3.8, 4) is 0 Å². The van der Waals surface area contributed by atoms with Crippen molar-refractivity contribution in [1.29, 1.82) is 0 Å². The first-order valence-corrected chi connectivity index (χ1v) is 5.26. The summed E-state index contributed by atoms with van der Waals surface area (Å²) in [4.78, 5) is 40.7. The average molecular weight is 609 g/mol. The Kier molecular flexibility index (Phi) is 56.3. The molecule has 193 valence electrons. The third-order valence-corrected chi connectivity index (χ3v) is 2.05. The molecule has 0 saturated carbocycles. The van der Waals surface area contributed by atoms with Crippen LogP contribution in [-0.2, 0) is 84.1 Å². The summed E-state index contributed by atoms with van der Waals surface area (Å²) >= 11 is 0. The Balaban J connectivity index is -0.0000000288. The quantitative estimate of drug-likeness (QED) is 0.140. The summed E-state index contributed by atoms with van der Waals surface area (Å²) in [5.74, 6) is -4.97. The molecular formula is C10H28Mn3N4O15+6. The van der Waals surface area contributed by atoms with E-state index in [1.165, 1.54) is 0 Å². The molecule has 2 heterocycles. The first kappa shape index (κ1) is 63.0. The fraction of sp³-hybridized carbons (Fsp3) is 0. The van der Waals surface area contributed by atoms with E-state index in [1.54, 1.807) is 0 Å². The molecule has 0 atom stereocenters. The number of aromatic nitrogens is 4. The summed E-state index contributed by atoms with van der Waals surface area (Å²) < 4.78 is 0. The van der Waals surface area contributed by atoms with Crippen LogP contribution in [0.5, 0.6) is 0 Å². The molecule has 0 fully saturated rings. The van der Waals surface area contributed by atoms with Crippen LogP contribution in [0, 0.1) is 0 Å². The third kappa shape index (κ3) is 19.5. The Hall–Kier alpha value is -2.42. The van der Waals surface area contributed by atoms with Crippen LogP contribution in [0.25, 0.3) is 0 Å². The number of carboxylic acids is 4. The molecule has 0 aromatic carbocycles. The van der Waals surface area contributed by atoms with Gasteiger partial charge in [-0.15, -0.1) is 0 Å². The van der Waals surface area contributed by atoms with E-state index in [1.807, 2.05) is 0 Å². The molecule has 26 N–H and O–H groups in total. The van der Waals surface area contributed by atoms with Gasteiger partial charge in [0, 0.05) is 63.3 Å². The van der Waals surface area contributed by atoms with E-state index in [0.29, 0.717) is 0 Å². The SMILES string of the molecule is O.O=C(O)c1cc(C(=O)O)[nH]n1.O=C(O)c1cc(C(=O)O)[nH]n1.[Mn].[Mn].[Mn].[OH3+].[OH3+].[OH3+].[OH3+].[OH3+].[OH3+]. The second-order valence-electron chi connectivity index (χ2n) is 3.55. The molecule has 0 amide bonds. The third-order valence-electron chi connectivity index (χ3n) is 2.05. The molecule has 32 heavy (non-hydrogen) atoms. The monoisotopic (exact) mass is 609 g/mol. The Morgan fingerprint density at radius 2 is 0.781 bits per heavy atom. The van der Waals surface area contributed by atoms with E-state index in [9.17, 15) is 19.2 Å². The predicted molar refractivity (Wildman–Crippen MR) is 97.9 cm³/mol. The molecule has 2 rings (SSSR count). The summed E-state index contributed by atoms with van der Waals surface area (Å²) in [6.45, 7) is 0. The Morgan fingerprint density at radius 3 is 0.875 bits per heavy atom. The van der Waals surface area contributed by atoms with Crippen LogP contribution in [0.1, 0.15) is 42.0 Å². The van der Waals surface area contributed by atoms with Crippen LogP contribution < -0.4 is 0 Å². The van der Waals surface area contributed by atoms with Gasteiger partial charge < -0.3 is 58.8 Å². The topological polar surface area (TPSA) is 436 Å². The van der Waals surface area contributed by atoms with E-state index in [0.717, 1.165) is 12.1 Å². The largest absolute Gasteiger partial charge is 0.477 e. The van der Waals surface area contributed by atoms with Crippen LogP contribution in [-0.4, -0.2) is 70.2 Å². The summed E-state index contributed by atoms with van der Waals surface area (Å²) in [6.07, 6.45) is 0. The maximum atomic E-state index is 10.2. The zero-order chi connectivity index (χ0) is 16.9. The van der Waals surface area contributed by atoms with Gasteiger partial charge in [0.2, 0.25) is 0 Å². The zero-order valence-corrected chi connectivity index (χ0v) is 19.1. The molecule has 0 spiro atoms. The molecule has 22 heteroatoms. The Morgan fingerprint density at radius 1 is 0.562 bits per heavy atom. The Labute approximate surface area is 208 Å². The molecule has 0 aliphatic heterocycles. The maximum Gasteiger partial charge on any atom is 0.356 e. The van der Waals surface area contributed by atoms with Gasteiger partial charge in [-0.3, -0.25) is 10.2 Å². The number of rotatable bonds is 4. The minimum absolute atomic E-state index is 0. The van der Waals surface area contributed by atoms with Crippen LogP contribution >= 0.6 is 0 Å². The molecule has 0 aliphatic rings. The van der Waals surface area contributed by atoms with Crippen molar-refractivity contribution in [3.05, 3.63) is 34.9 Å². The van der Waals surface area contributed by atoms with Crippen LogP contribution in [0.4, 0.5) is 0 Å². The van der Waals surface area contributed by atoms with E-state index >= 15 is 0 Å². The molecule has 0 bridgehead atoms. The van der Waals surface area contributed by atoms with E-state index < -0.39 is 23.9 Å². The minimum atomic E-state index is -1.26. The van der Waals surface area contributed by atoms with Crippen molar-refractivity contribution in [3.63, 3.8) is 0 Å². The van der Waals surface area contributed by atoms with Gasteiger partial charge in [0.15, 0.2) is 11.4 Å². The van der Waals surface area contributed by atoms with Crippen molar-refractivity contribution >= 4 is 23.9 Å². The number of nitrogens with zero attached hydrogens (tertiary/aromatic N) is 2. The summed E-state index contributed by atoms with van der Waals surface area (Å²) in [5.41, 5.74) is -1.07. The molecule has 0 unspecified atom stereocenters. The summed E-state index contributed by atoms with van der Waals surface area (Å²) in [6, 6.07) is 1.90. The first-order valence-electron chi connectivity index (χ1n) is 5.26. The second-order valence-corrected chi connectivity index (χ2v) is 3.55. The second kappa shape index (κ2) is 28.6. The number of aromatic carboxylic acids is 4. The average Bonchev–Trinajstić information content (AvgIpc) is 3.09. The summed E-state index contributed by atoms with van der Waals surface area (Å²) in [7, 11) is 0. The zero-order valence-electron chi connectivity index (χ0n) is 15.6. The van der Waals surface area contributed by atoms with Crippen LogP contribution in [0.15, 0.2) is 12.1 Å². The van der Waals surface area contributed by atoms with Crippen molar-refractivity contribution < 1.29 is 129 Å². The van der Waals surface area contributed by atoms with E-state index in [4.69, 9.17) is 20.4 Å². The molecule has 19 nitrogen and oxygen atoms in total. The fourth-order valence-corrected chi connectivity index (χ4v) is 1.08. The van der Waals surface area contributed by atoms with Gasteiger partial charge in [-0.2, -0.15) is 10.2 Å². The molecule has 2 aromatic rings.